The Hall–Kier alpha value is -1.76. The second-order valence-corrected chi connectivity index (χ2v) is 6.58. The molecule has 0 bridgehead atoms. The molecule has 0 aromatic heterocycles. The van der Waals surface area contributed by atoms with Crippen molar-refractivity contribution in [2.24, 2.45) is 0 Å². The summed E-state index contributed by atoms with van der Waals surface area (Å²) in [6.07, 6.45) is 0.966. The normalized spacial score (nSPS) is 11.7. The molecule has 0 aliphatic heterocycles. The molecule has 2 aromatic carbocycles. The summed E-state index contributed by atoms with van der Waals surface area (Å²) in [5.41, 5.74) is 1.83. The average molecular weight is 439 g/mol. The first-order valence-corrected chi connectivity index (χ1v) is 8.93. The smallest absolute Gasteiger partial charge is 0.252 e. The second kappa shape index (κ2) is 8.92. The van der Waals surface area contributed by atoms with Crippen LogP contribution < -0.4 is 14.8 Å². The van der Waals surface area contributed by atoms with E-state index in [1.807, 2.05) is 24.3 Å². The number of halogens is 1. The number of ether oxygens (including phenoxy) is 2. The van der Waals surface area contributed by atoms with Crippen LogP contribution >= 0.6 is 22.6 Å². The van der Waals surface area contributed by atoms with Crippen LogP contribution in [0.5, 0.6) is 11.5 Å². The van der Waals surface area contributed by atoms with Gasteiger partial charge < -0.3 is 14.8 Å². The standard InChI is InChI=1S/C19H22INO3/c1-4-13(14-8-6-5-7-9-14)12-21-19(22)15-10-17(23-2)18(24-3)11-16(15)20/h5-11,13H,4,12H2,1-3H3,(H,21,22). The number of carbonyl (C=O) groups is 1. The monoisotopic (exact) mass is 439 g/mol. The lowest BCUT2D eigenvalue weighted by Gasteiger charge is -2.17. The van der Waals surface area contributed by atoms with E-state index in [1.54, 1.807) is 20.3 Å². The number of benzene rings is 2. The minimum absolute atomic E-state index is 0.102. The van der Waals surface area contributed by atoms with E-state index >= 15 is 0 Å². The van der Waals surface area contributed by atoms with E-state index in [4.69, 9.17) is 9.47 Å². The topological polar surface area (TPSA) is 47.6 Å². The average Bonchev–Trinajstić information content (AvgIpc) is 2.62. The Labute approximate surface area is 156 Å². The molecule has 1 amide bonds. The maximum atomic E-state index is 12.6. The van der Waals surface area contributed by atoms with Crippen LogP contribution in [0.25, 0.3) is 0 Å². The zero-order valence-corrected chi connectivity index (χ0v) is 16.3. The van der Waals surface area contributed by atoms with Crippen LogP contribution in [0.2, 0.25) is 0 Å². The van der Waals surface area contributed by atoms with Crippen molar-refractivity contribution < 1.29 is 14.3 Å². The van der Waals surface area contributed by atoms with Crippen LogP contribution in [0.3, 0.4) is 0 Å². The van der Waals surface area contributed by atoms with Gasteiger partial charge in [-0.3, -0.25) is 4.79 Å². The van der Waals surface area contributed by atoms with Crippen LogP contribution in [0, 0.1) is 3.57 Å². The van der Waals surface area contributed by atoms with E-state index in [1.165, 1.54) is 5.56 Å². The molecule has 0 aliphatic rings. The largest absolute Gasteiger partial charge is 0.493 e. The summed E-state index contributed by atoms with van der Waals surface area (Å²) in [6.45, 7) is 2.73. The van der Waals surface area contributed by atoms with Crippen molar-refractivity contribution in [3.63, 3.8) is 0 Å². The lowest BCUT2D eigenvalue weighted by Crippen LogP contribution is -2.29. The predicted octanol–water partition coefficient (Wildman–Crippen LogP) is 4.23. The molecule has 4 nitrogen and oxygen atoms in total. The maximum absolute atomic E-state index is 12.6. The lowest BCUT2D eigenvalue weighted by molar-refractivity contribution is 0.0949. The van der Waals surface area contributed by atoms with E-state index in [0.717, 1.165) is 9.99 Å². The highest BCUT2D eigenvalue weighted by Gasteiger charge is 2.17. The van der Waals surface area contributed by atoms with Crippen LogP contribution in [0.4, 0.5) is 0 Å². The van der Waals surface area contributed by atoms with E-state index in [-0.39, 0.29) is 5.91 Å². The molecule has 1 atom stereocenters. The van der Waals surface area contributed by atoms with Crippen molar-refractivity contribution in [2.75, 3.05) is 20.8 Å². The Bertz CT molecular complexity index is 689. The van der Waals surface area contributed by atoms with Gasteiger partial charge in [-0.1, -0.05) is 37.3 Å². The summed E-state index contributed by atoms with van der Waals surface area (Å²) in [5.74, 6) is 1.37. The summed E-state index contributed by atoms with van der Waals surface area (Å²) in [6, 6.07) is 13.8. The third-order valence-electron chi connectivity index (χ3n) is 3.99. The van der Waals surface area contributed by atoms with Gasteiger partial charge in [0.25, 0.3) is 5.91 Å². The molecule has 1 unspecified atom stereocenters. The van der Waals surface area contributed by atoms with E-state index in [9.17, 15) is 4.79 Å². The number of methoxy groups -OCH3 is 2. The summed E-state index contributed by atoms with van der Waals surface area (Å²) in [4.78, 5) is 12.6. The van der Waals surface area contributed by atoms with Crippen LogP contribution in [0.1, 0.15) is 35.2 Å². The summed E-state index contributed by atoms with van der Waals surface area (Å²) in [5, 5.41) is 3.04. The highest BCUT2D eigenvalue weighted by Crippen LogP contribution is 2.31. The predicted molar refractivity (Wildman–Crippen MR) is 104 cm³/mol. The van der Waals surface area contributed by atoms with Gasteiger partial charge in [0.1, 0.15) is 0 Å². The second-order valence-electron chi connectivity index (χ2n) is 5.41. The quantitative estimate of drug-likeness (QED) is 0.657. The molecular weight excluding hydrogens is 417 g/mol. The van der Waals surface area contributed by atoms with E-state index in [0.29, 0.717) is 29.5 Å². The molecular formula is C19H22INO3. The van der Waals surface area contributed by atoms with Gasteiger partial charge >= 0.3 is 0 Å². The molecule has 0 saturated carbocycles. The van der Waals surface area contributed by atoms with E-state index in [2.05, 4.69) is 47.0 Å². The molecule has 0 saturated heterocycles. The summed E-state index contributed by atoms with van der Waals surface area (Å²) >= 11 is 2.14. The van der Waals surface area contributed by atoms with Crippen LogP contribution in [-0.4, -0.2) is 26.7 Å². The number of amides is 1. The fourth-order valence-corrected chi connectivity index (χ4v) is 3.25. The van der Waals surface area contributed by atoms with Crippen LogP contribution in [0.15, 0.2) is 42.5 Å². The number of hydrogen-bond acceptors (Lipinski definition) is 3. The minimum Gasteiger partial charge on any atom is -0.493 e. The molecule has 0 fully saturated rings. The zero-order valence-electron chi connectivity index (χ0n) is 14.1. The summed E-state index contributed by atoms with van der Waals surface area (Å²) < 4.78 is 11.4. The Morgan fingerprint density at radius 3 is 2.33 bits per heavy atom. The molecule has 0 heterocycles. The molecule has 5 heteroatoms. The van der Waals surface area contributed by atoms with Gasteiger partial charge in [0.15, 0.2) is 11.5 Å². The van der Waals surface area contributed by atoms with Gasteiger partial charge in [-0.25, -0.2) is 0 Å². The van der Waals surface area contributed by atoms with Crippen LogP contribution in [-0.2, 0) is 0 Å². The fourth-order valence-electron chi connectivity index (χ4n) is 2.56. The Kier molecular flexibility index (Phi) is 6.90. The van der Waals surface area contributed by atoms with Crippen molar-refractivity contribution in [3.8, 4) is 11.5 Å². The molecule has 0 spiro atoms. The number of nitrogens with one attached hydrogen (secondary N) is 1. The van der Waals surface area contributed by atoms with Crippen molar-refractivity contribution >= 4 is 28.5 Å². The number of rotatable bonds is 7. The van der Waals surface area contributed by atoms with Crippen molar-refractivity contribution in [3.05, 3.63) is 57.2 Å². The third kappa shape index (κ3) is 4.41. The Morgan fingerprint density at radius 2 is 1.75 bits per heavy atom. The van der Waals surface area contributed by atoms with Gasteiger partial charge in [0, 0.05) is 16.0 Å². The molecule has 24 heavy (non-hydrogen) atoms. The molecule has 0 radical (unpaired) electrons. The van der Waals surface area contributed by atoms with Crippen molar-refractivity contribution in [1.29, 1.82) is 0 Å². The Balaban J connectivity index is 2.12. The van der Waals surface area contributed by atoms with Crippen molar-refractivity contribution in [1.82, 2.24) is 5.32 Å². The van der Waals surface area contributed by atoms with Gasteiger partial charge in [0.05, 0.1) is 19.8 Å². The van der Waals surface area contributed by atoms with Gasteiger partial charge in [-0.05, 0) is 46.7 Å². The zero-order chi connectivity index (χ0) is 17.5. The first-order chi connectivity index (χ1) is 11.6. The van der Waals surface area contributed by atoms with Gasteiger partial charge in [-0.15, -0.1) is 0 Å². The highest BCUT2D eigenvalue weighted by molar-refractivity contribution is 14.1. The molecule has 128 valence electrons. The molecule has 2 rings (SSSR count). The first kappa shape index (κ1) is 18.6. The third-order valence-corrected chi connectivity index (χ3v) is 4.88. The van der Waals surface area contributed by atoms with Gasteiger partial charge in [-0.2, -0.15) is 0 Å². The van der Waals surface area contributed by atoms with E-state index < -0.39 is 0 Å². The lowest BCUT2D eigenvalue weighted by atomic mass is 9.96. The maximum Gasteiger partial charge on any atom is 0.252 e. The number of hydrogen-bond donors (Lipinski definition) is 1. The fraction of sp³-hybridized carbons (Fsp3) is 0.316. The summed E-state index contributed by atoms with van der Waals surface area (Å²) in [7, 11) is 3.15. The van der Waals surface area contributed by atoms with Gasteiger partial charge in [0.2, 0.25) is 0 Å². The SMILES string of the molecule is CCC(CNC(=O)c1cc(OC)c(OC)cc1I)c1ccccc1. The minimum atomic E-state index is -0.102. The van der Waals surface area contributed by atoms with Crippen molar-refractivity contribution in [2.45, 2.75) is 19.3 Å². The molecule has 1 N–H and O–H groups in total. The molecule has 0 aliphatic carbocycles. The highest BCUT2D eigenvalue weighted by atomic mass is 127. The molecule has 2 aromatic rings. The number of carbonyl (C=O) groups excluding carboxylic acids is 1. The first-order valence-electron chi connectivity index (χ1n) is 7.85. The Morgan fingerprint density at radius 1 is 1.12 bits per heavy atom.